The SMILES string of the molecule is C[C@@H]1CC2CCCC3=CC(=O)CC[C@]3(C)C[C@@H](O)C[C@]2(C)[C@@]1(O)C(=O)CO. The normalized spacial score (nSPS) is 45.6. The van der Waals surface area contributed by atoms with E-state index in [1.165, 1.54) is 0 Å². The van der Waals surface area contributed by atoms with Crippen molar-refractivity contribution in [3.8, 4) is 0 Å². The van der Waals surface area contributed by atoms with Crippen LogP contribution in [0.4, 0.5) is 0 Å². The van der Waals surface area contributed by atoms with E-state index in [1.807, 2.05) is 13.8 Å². The van der Waals surface area contributed by atoms with Gasteiger partial charge in [-0.15, -0.1) is 0 Å². The van der Waals surface area contributed by atoms with Crippen LogP contribution in [0.15, 0.2) is 11.6 Å². The summed E-state index contributed by atoms with van der Waals surface area (Å²) in [6.45, 7) is 5.24. The number of hydrogen-bond donors (Lipinski definition) is 3. The van der Waals surface area contributed by atoms with Crippen LogP contribution in [0.1, 0.15) is 72.1 Å². The summed E-state index contributed by atoms with van der Waals surface area (Å²) in [6.07, 6.45) is 6.52. The molecule has 0 spiro atoms. The van der Waals surface area contributed by atoms with Gasteiger partial charge in [-0.25, -0.2) is 0 Å². The molecule has 0 aliphatic heterocycles. The van der Waals surface area contributed by atoms with Gasteiger partial charge < -0.3 is 15.3 Å². The van der Waals surface area contributed by atoms with Crippen LogP contribution < -0.4 is 0 Å². The summed E-state index contributed by atoms with van der Waals surface area (Å²) in [5, 5.41) is 31.9. The third-order valence-electron chi connectivity index (χ3n) is 8.07. The summed E-state index contributed by atoms with van der Waals surface area (Å²) in [4.78, 5) is 24.5. The fourth-order valence-corrected chi connectivity index (χ4v) is 6.43. The minimum Gasteiger partial charge on any atom is -0.393 e. The van der Waals surface area contributed by atoms with Gasteiger partial charge in [0.2, 0.25) is 0 Å². The summed E-state index contributed by atoms with van der Waals surface area (Å²) in [5.74, 6) is -0.499. The van der Waals surface area contributed by atoms with Crippen molar-refractivity contribution in [2.75, 3.05) is 6.61 Å². The summed E-state index contributed by atoms with van der Waals surface area (Å²) in [5.41, 5.74) is -1.42. The second-order valence-electron chi connectivity index (χ2n) is 9.75. The molecule has 0 heterocycles. The average Bonchev–Trinajstić information content (AvgIpc) is 2.78. The molecule has 0 radical (unpaired) electrons. The minimum atomic E-state index is -1.60. The molecule has 2 fully saturated rings. The van der Waals surface area contributed by atoms with Crippen LogP contribution in [-0.2, 0) is 9.59 Å². The van der Waals surface area contributed by atoms with Crippen LogP contribution >= 0.6 is 0 Å². The molecular formula is C22H34O5. The van der Waals surface area contributed by atoms with Crippen molar-refractivity contribution in [2.24, 2.45) is 22.7 Å². The zero-order chi connectivity index (χ0) is 20.0. The average molecular weight is 379 g/mol. The van der Waals surface area contributed by atoms with E-state index in [1.54, 1.807) is 6.08 Å². The molecule has 0 aromatic carbocycles. The zero-order valence-electron chi connectivity index (χ0n) is 16.8. The first-order valence-corrected chi connectivity index (χ1v) is 10.4. The molecule has 1 unspecified atom stereocenters. The van der Waals surface area contributed by atoms with Crippen molar-refractivity contribution in [2.45, 2.75) is 83.8 Å². The highest BCUT2D eigenvalue weighted by molar-refractivity contribution is 5.91. The third kappa shape index (κ3) is 3.22. The topological polar surface area (TPSA) is 94.8 Å². The molecular weight excluding hydrogens is 344 g/mol. The Morgan fingerprint density at radius 1 is 1.26 bits per heavy atom. The van der Waals surface area contributed by atoms with Gasteiger partial charge in [-0.2, -0.15) is 0 Å². The Bertz CT molecular complexity index is 655. The van der Waals surface area contributed by atoms with E-state index in [4.69, 9.17) is 0 Å². The van der Waals surface area contributed by atoms with Crippen molar-refractivity contribution >= 4 is 11.6 Å². The Morgan fingerprint density at radius 2 is 1.96 bits per heavy atom. The van der Waals surface area contributed by atoms with E-state index in [0.717, 1.165) is 31.3 Å². The number of hydrogen-bond acceptors (Lipinski definition) is 5. The molecule has 3 rings (SSSR count). The predicted octanol–water partition coefficient (Wildman–Crippen LogP) is 2.56. The molecule has 5 nitrogen and oxygen atoms in total. The van der Waals surface area contributed by atoms with E-state index < -0.39 is 29.5 Å². The van der Waals surface area contributed by atoms with Gasteiger partial charge in [0, 0.05) is 11.8 Å². The minimum absolute atomic E-state index is 0.104. The number of carbonyl (C=O) groups excluding carboxylic acids is 2. The Hall–Kier alpha value is -1.04. The van der Waals surface area contributed by atoms with Crippen molar-refractivity contribution in [3.05, 3.63) is 11.6 Å². The molecule has 0 amide bonds. The van der Waals surface area contributed by atoms with Crippen LogP contribution in [0.2, 0.25) is 0 Å². The predicted molar refractivity (Wildman–Crippen MR) is 102 cm³/mol. The lowest BCUT2D eigenvalue weighted by atomic mass is 9.60. The van der Waals surface area contributed by atoms with E-state index in [0.29, 0.717) is 25.7 Å². The lowest BCUT2D eigenvalue weighted by Gasteiger charge is -2.47. The van der Waals surface area contributed by atoms with E-state index >= 15 is 0 Å². The van der Waals surface area contributed by atoms with Gasteiger partial charge in [-0.3, -0.25) is 9.59 Å². The van der Waals surface area contributed by atoms with Crippen LogP contribution in [0.5, 0.6) is 0 Å². The number of allylic oxidation sites excluding steroid dienone is 2. The lowest BCUT2D eigenvalue weighted by Crippen LogP contribution is -2.56. The lowest BCUT2D eigenvalue weighted by molar-refractivity contribution is -0.164. The van der Waals surface area contributed by atoms with Gasteiger partial charge in [-0.1, -0.05) is 26.3 Å². The van der Waals surface area contributed by atoms with E-state index in [9.17, 15) is 24.9 Å². The first-order chi connectivity index (χ1) is 12.6. The monoisotopic (exact) mass is 378 g/mol. The fourth-order valence-electron chi connectivity index (χ4n) is 6.43. The number of rotatable bonds is 2. The van der Waals surface area contributed by atoms with Gasteiger partial charge in [0.1, 0.15) is 12.2 Å². The maximum atomic E-state index is 12.6. The first-order valence-electron chi connectivity index (χ1n) is 10.4. The number of ketones is 2. The Labute approximate surface area is 161 Å². The van der Waals surface area contributed by atoms with Crippen LogP contribution in [0.25, 0.3) is 0 Å². The van der Waals surface area contributed by atoms with Crippen molar-refractivity contribution in [1.29, 1.82) is 0 Å². The number of aliphatic hydroxyl groups excluding tert-OH is 2. The Morgan fingerprint density at radius 3 is 2.63 bits per heavy atom. The molecule has 6 atom stereocenters. The van der Waals surface area contributed by atoms with Crippen molar-refractivity contribution < 1.29 is 24.9 Å². The van der Waals surface area contributed by atoms with Crippen LogP contribution in [-0.4, -0.2) is 45.2 Å². The molecule has 0 bridgehead atoms. The van der Waals surface area contributed by atoms with Gasteiger partial charge in [0.15, 0.2) is 11.6 Å². The molecule has 152 valence electrons. The smallest absolute Gasteiger partial charge is 0.190 e. The van der Waals surface area contributed by atoms with Crippen LogP contribution in [0, 0.1) is 22.7 Å². The standard InChI is InChI=1S/C22H34O5/c1-14-9-16-6-4-5-15-10-17(24)7-8-20(15,2)11-18(25)12-21(16,3)22(14,27)19(26)13-23/h10,14,16,18,23,25,27H,4-9,11-13H2,1-3H3/t14-,16?,18-,20-,21+,22+/m1/s1. The second kappa shape index (κ2) is 7.09. The van der Waals surface area contributed by atoms with Crippen molar-refractivity contribution in [1.82, 2.24) is 0 Å². The van der Waals surface area contributed by atoms with Gasteiger partial charge in [-0.05, 0) is 68.3 Å². The second-order valence-corrected chi connectivity index (χ2v) is 9.75. The number of fused-ring (bicyclic) bond motifs is 2. The largest absolute Gasteiger partial charge is 0.393 e. The summed E-state index contributed by atoms with van der Waals surface area (Å²) >= 11 is 0. The quantitative estimate of drug-likeness (QED) is 0.686. The summed E-state index contributed by atoms with van der Waals surface area (Å²) in [6, 6.07) is 0. The highest BCUT2D eigenvalue weighted by Gasteiger charge is 2.64. The molecule has 3 N–H and O–H groups in total. The molecule has 3 aliphatic rings. The van der Waals surface area contributed by atoms with E-state index in [2.05, 4.69) is 6.92 Å². The Balaban J connectivity index is 1.96. The molecule has 0 aromatic rings. The maximum Gasteiger partial charge on any atom is 0.190 e. The number of aliphatic hydroxyl groups is 3. The van der Waals surface area contributed by atoms with E-state index in [-0.39, 0.29) is 23.0 Å². The van der Waals surface area contributed by atoms with Crippen LogP contribution in [0.3, 0.4) is 0 Å². The molecule has 2 saturated carbocycles. The summed E-state index contributed by atoms with van der Waals surface area (Å²) < 4.78 is 0. The molecule has 3 aliphatic carbocycles. The third-order valence-corrected chi connectivity index (χ3v) is 8.07. The molecule has 27 heavy (non-hydrogen) atoms. The fraction of sp³-hybridized carbons (Fsp3) is 0.818. The van der Waals surface area contributed by atoms with Crippen molar-refractivity contribution in [3.63, 3.8) is 0 Å². The highest BCUT2D eigenvalue weighted by Crippen LogP contribution is 2.59. The first kappa shape index (κ1) is 20.7. The highest BCUT2D eigenvalue weighted by atomic mass is 16.3. The maximum absolute atomic E-state index is 12.6. The molecule has 5 heteroatoms. The molecule has 0 aromatic heterocycles. The van der Waals surface area contributed by atoms with Gasteiger partial charge >= 0.3 is 0 Å². The molecule has 0 saturated heterocycles. The Kier molecular flexibility index (Phi) is 5.43. The number of Topliss-reactive ketones (excluding diaryl/α,β-unsaturated/α-hetero) is 1. The number of carbonyl (C=O) groups is 2. The van der Waals surface area contributed by atoms with Gasteiger partial charge in [0.05, 0.1) is 6.10 Å². The zero-order valence-corrected chi connectivity index (χ0v) is 16.8. The van der Waals surface area contributed by atoms with Gasteiger partial charge in [0.25, 0.3) is 0 Å². The summed E-state index contributed by atoms with van der Waals surface area (Å²) in [7, 11) is 0.